The fourth-order valence-electron chi connectivity index (χ4n) is 3.33. The molecule has 16 heavy (non-hydrogen) atoms. The summed E-state index contributed by atoms with van der Waals surface area (Å²) in [5, 5.41) is 0. The maximum Gasteiger partial charge on any atom is 0.226 e. The van der Waals surface area contributed by atoms with Crippen LogP contribution in [0.3, 0.4) is 0 Å². The van der Waals surface area contributed by atoms with E-state index < -0.39 is 0 Å². The largest absolute Gasteiger partial charge is 0.340 e. The lowest BCUT2D eigenvalue weighted by Crippen LogP contribution is -2.49. The molecule has 2 fully saturated rings. The van der Waals surface area contributed by atoms with E-state index in [-0.39, 0.29) is 0 Å². The van der Waals surface area contributed by atoms with Crippen LogP contribution in [0.5, 0.6) is 0 Å². The zero-order valence-corrected chi connectivity index (χ0v) is 9.93. The third kappa shape index (κ3) is 1.67. The van der Waals surface area contributed by atoms with E-state index in [0.717, 1.165) is 32.6 Å². The first kappa shape index (κ1) is 10.3. The van der Waals surface area contributed by atoms with Gasteiger partial charge in [-0.15, -0.1) is 0 Å². The molecule has 0 aromatic rings. The Labute approximate surface area is 97.1 Å². The van der Waals surface area contributed by atoms with Gasteiger partial charge in [-0.3, -0.25) is 4.79 Å². The van der Waals surface area contributed by atoms with Crippen molar-refractivity contribution in [2.24, 2.45) is 17.8 Å². The van der Waals surface area contributed by atoms with Crippen molar-refractivity contribution in [3.05, 3.63) is 12.2 Å². The van der Waals surface area contributed by atoms with Crippen molar-refractivity contribution in [2.75, 3.05) is 33.2 Å². The number of likely N-dealkylation sites (N-methyl/N-ethyl adjacent to an activating group) is 1. The van der Waals surface area contributed by atoms with Gasteiger partial charge in [0.25, 0.3) is 0 Å². The van der Waals surface area contributed by atoms with Crippen LogP contribution in [0.25, 0.3) is 0 Å². The number of fused-ring (bicyclic) bond motifs is 2. The molecule has 0 aromatic carbocycles. The van der Waals surface area contributed by atoms with Crippen molar-refractivity contribution >= 4 is 5.91 Å². The van der Waals surface area contributed by atoms with Gasteiger partial charge in [-0.25, -0.2) is 0 Å². The van der Waals surface area contributed by atoms with Gasteiger partial charge < -0.3 is 9.80 Å². The minimum absolute atomic E-state index is 0.304. The zero-order valence-electron chi connectivity index (χ0n) is 9.93. The Balaban J connectivity index is 1.63. The second-order valence-electron chi connectivity index (χ2n) is 5.52. The molecule has 3 atom stereocenters. The summed E-state index contributed by atoms with van der Waals surface area (Å²) in [6, 6.07) is 0. The Hall–Kier alpha value is -0.830. The SMILES string of the molecule is CN1CCN(C(=O)C2CC3C=CC2C3)CC1. The van der Waals surface area contributed by atoms with Crippen LogP contribution in [0.1, 0.15) is 12.8 Å². The Morgan fingerprint density at radius 3 is 2.44 bits per heavy atom. The van der Waals surface area contributed by atoms with Gasteiger partial charge in [0.2, 0.25) is 5.91 Å². The highest BCUT2D eigenvalue weighted by atomic mass is 16.2. The molecule has 3 aliphatic rings. The van der Waals surface area contributed by atoms with Gasteiger partial charge in [0.1, 0.15) is 0 Å². The summed E-state index contributed by atoms with van der Waals surface area (Å²) in [6.45, 7) is 3.91. The molecular formula is C13H20N2O. The molecule has 3 unspecified atom stereocenters. The Kier molecular flexibility index (Phi) is 2.51. The second-order valence-corrected chi connectivity index (χ2v) is 5.52. The number of allylic oxidation sites excluding steroid dienone is 2. The lowest BCUT2D eigenvalue weighted by molar-refractivity contribution is -0.137. The van der Waals surface area contributed by atoms with Crippen molar-refractivity contribution in [3.63, 3.8) is 0 Å². The first-order valence-corrected chi connectivity index (χ1v) is 6.39. The Bertz CT molecular complexity index is 318. The number of hydrogen-bond acceptors (Lipinski definition) is 2. The van der Waals surface area contributed by atoms with Crippen molar-refractivity contribution in [2.45, 2.75) is 12.8 Å². The van der Waals surface area contributed by atoms with E-state index in [9.17, 15) is 4.79 Å². The summed E-state index contributed by atoms with van der Waals surface area (Å²) >= 11 is 0. The van der Waals surface area contributed by atoms with E-state index in [4.69, 9.17) is 0 Å². The molecule has 88 valence electrons. The third-order valence-electron chi connectivity index (χ3n) is 4.41. The molecule has 3 nitrogen and oxygen atoms in total. The van der Waals surface area contributed by atoms with Crippen LogP contribution in [0.15, 0.2) is 12.2 Å². The zero-order chi connectivity index (χ0) is 11.1. The van der Waals surface area contributed by atoms with Crippen LogP contribution < -0.4 is 0 Å². The average molecular weight is 220 g/mol. The van der Waals surface area contributed by atoms with Crippen LogP contribution in [-0.4, -0.2) is 48.9 Å². The fraction of sp³-hybridized carbons (Fsp3) is 0.769. The van der Waals surface area contributed by atoms with Gasteiger partial charge in [-0.1, -0.05) is 12.2 Å². The first-order chi connectivity index (χ1) is 7.74. The smallest absolute Gasteiger partial charge is 0.226 e. The summed E-state index contributed by atoms with van der Waals surface area (Å²) in [5.74, 6) is 1.98. The van der Waals surface area contributed by atoms with Gasteiger partial charge >= 0.3 is 0 Å². The minimum atomic E-state index is 0.304. The van der Waals surface area contributed by atoms with E-state index in [1.807, 2.05) is 0 Å². The first-order valence-electron chi connectivity index (χ1n) is 6.39. The van der Waals surface area contributed by atoms with Crippen molar-refractivity contribution in [1.29, 1.82) is 0 Å². The molecule has 2 bridgehead atoms. The molecular weight excluding hydrogens is 200 g/mol. The van der Waals surface area contributed by atoms with Gasteiger partial charge in [0.05, 0.1) is 0 Å². The molecule has 1 aliphatic heterocycles. The maximum atomic E-state index is 12.4. The molecule has 0 spiro atoms. The topological polar surface area (TPSA) is 23.6 Å². The van der Waals surface area contributed by atoms with Crippen LogP contribution in [-0.2, 0) is 4.79 Å². The summed E-state index contributed by atoms with van der Waals surface area (Å²) < 4.78 is 0. The quantitative estimate of drug-likeness (QED) is 0.615. The van der Waals surface area contributed by atoms with Crippen LogP contribution in [0.2, 0.25) is 0 Å². The van der Waals surface area contributed by atoms with E-state index >= 15 is 0 Å². The summed E-state index contributed by atoms with van der Waals surface area (Å²) in [4.78, 5) is 16.7. The standard InChI is InChI=1S/C13H20N2O/c1-14-4-6-15(7-5-14)13(16)12-9-10-2-3-11(12)8-10/h2-3,10-12H,4-9H2,1H3. The Morgan fingerprint density at radius 2 is 1.88 bits per heavy atom. The Morgan fingerprint density at radius 1 is 1.12 bits per heavy atom. The van der Waals surface area contributed by atoms with Crippen molar-refractivity contribution < 1.29 is 4.79 Å². The average Bonchev–Trinajstić information content (AvgIpc) is 2.91. The van der Waals surface area contributed by atoms with E-state index in [1.54, 1.807) is 0 Å². The summed E-state index contributed by atoms with van der Waals surface area (Å²) in [6.07, 6.45) is 6.90. The van der Waals surface area contributed by atoms with Crippen molar-refractivity contribution in [3.8, 4) is 0 Å². The number of piperazine rings is 1. The van der Waals surface area contributed by atoms with E-state index in [1.165, 1.54) is 6.42 Å². The van der Waals surface area contributed by atoms with Crippen LogP contribution in [0, 0.1) is 17.8 Å². The fourth-order valence-corrected chi connectivity index (χ4v) is 3.33. The highest BCUT2D eigenvalue weighted by molar-refractivity contribution is 5.80. The number of hydrogen-bond donors (Lipinski definition) is 0. The molecule has 2 aliphatic carbocycles. The lowest BCUT2D eigenvalue weighted by Gasteiger charge is -2.35. The van der Waals surface area contributed by atoms with E-state index in [2.05, 4.69) is 29.0 Å². The van der Waals surface area contributed by atoms with Crippen molar-refractivity contribution in [1.82, 2.24) is 9.80 Å². The van der Waals surface area contributed by atoms with Gasteiger partial charge in [0, 0.05) is 32.1 Å². The van der Waals surface area contributed by atoms with Gasteiger partial charge in [-0.2, -0.15) is 0 Å². The number of carbonyl (C=O) groups is 1. The van der Waals surface area contributed by atoms with E-state index in [0.29, 0.717) is 23.7 Å². The number of amides is 1. The summed E-state index contributed by atoms with van der Waals surface area (Å²) in [5.41, 5.74) is 0. The van der Waals surface area contributed by atoms with Crippen LogP contribution in [0.4, 0.5) is 0 Å². The molecule has 0 N–H and O–H groups in total. The van der Waals surface area contributed by atoms with Gasteiger partial charge in [-0.05, 0) is 31.7 Å². The number of nitrogens with zero attached hydrogens (tertiary/aromatic N) is 2. The lowest BCUT2D eigenvalue weighted by atomic mass is 9.92. The van der Waals surface area contributed by atoms with Gasteiger partial charge in [0.15, 0.2) is 0 Å². The summed E-state index contributed by atoms with van der Waals surface area (Å²) in [7, 11) is 2.13. The molecule has 0 radical (unpaired) electrons. The molecule has 0 aromatic heterocycles. The molecule has 3 heteroatoms. The molecule has 3 rings (SSSR count). The molecule has 1 saturated heterocycles. The third-order valence-corrected chi connectivity index (χ3v) is 4.41. The second kappa shape index (κ2) is 3.88. The molecule has 1 heterocycles. The normalized spacial score (nSPS) is 38.3. The number of rotatable bonds is 1. The van der Waals surface area contributed by atoms with Crippen LogP contribution >= 0.6 is 0 Å². The highest BCUT2D eigenvalue weighted by Gasteiger charge is 2.41. The monoisotopic (exact) mass is 220 g/mol. The predicted octanol–water partition coefficient (Wildman–Crippen LogP) is 0.973. The number of carbonyl (C=O) groups excluding carboxylic acids is 1. The molecule has 1 amide bonds. The predicted molar refractivity (Wildman–Crippen MR) is 62.9 cm³/mol. The maximum absolute atomic E-state index is 12.4. The minimum Gasteiger partial charge on any atom is -0.340 e. The highest BCUT2D eigenvalue weighted by Crippen LogP contribution is 2.44. The molecule has 1 saturated carbocycles.